The average Bonchev–Trinajstić information content (AvgIpc) is 2.90. The quantitative estimate of drug-likeness (QED) is 0.497. The lowest BCUT2D eigenvalue weighted by molar-refractivity contribution is 0.241. The number of urea groups is 1. The summed E-state index contributed by atoms with van der Waals surface area (Å²) in [5.74, 6) is 0.929. The van der Waals surface area contributed by atoms with E-state index in [-0.39, 0.29) is 6.03 Å². The molecule has 2 heterocycles. The highest BCUT2D eigenvalue weighted by Crippen LogP contribution is 2.47. The Hall–Kier alpha value is -3.16. The molecule has 0 unspecified atom stereocenters. The number of fused-ring (bicyclic) bond motifs is 2. The Morgan fingerprint density at radius 3 is 2.09 bits per heavy atom. The zero-order valence-corrected chi connectivity index (χ0v) is 20.3. The van der Waals surface area contributed by atoms with Gasteiger partial charge in [0.2, 0.25) is 0 Å². The van der Waals surface area contributed by atoms with Crippen LogP contribution in [0.15, 0.2) is 82.6 Å². The summed E-state index contributed by atoms with van der Waals surface area (Å²) in [5.41, 5.74) is 3.05. The van der Waals surface area contributed by atoms with Gasteiger partial charge in [0.05, 0.1) is 24.2 Å². The summed E-state index contributed by atoms with van der Waals surface area (Å²) >= 11 is 1.71. The number of nitrogens with one attached hydrogen (secondary N) is 1. The molecular weight excluding hydrogens is 444 g/mol. The monoisotopic (exact) mass is 474 g/mol. The lowest BCUT2D eigenvalue weighted by Gasteiger charge is -2.36. The van der Waals surface area contributed by atoms with Crippen molar-refractivity contribution in [1.29, 1.82) is 0 Å². The maximum absolute atomic E-state index is 13.2. The van der Waals surface area contributed by atoms with E-state index in [9.17, 15) is 4.79 Å². The molecule has 0 aromatic heterocycles. The topological polar surface area (TPSA) is 48.1 Å². The first-order valence-corrected chi connectivity index (χ1v) is 12.6. The lowest BCUT2D eigenvalue weighted by atomic mass is 10.2. The molecule has 6 nitrogen and oxygen atoms in total. The van der Waals surface area contributed by atoms with E-state index in [0.717, 1.165) is 71.7 Å². The molecule has 2 aliphatic rings. The van der Waals surface area contributed by atoms with E-state index in [0.29, 0.717) is 6.54 Å². The highest BCUT2D eigenvalue weighted by atomic mass is 32.2. The van der Waals surface area contributed by atoms with E-state index in [1.807, 2.05) is 53.4 Å². The molecule has 1 fully saturated rings. The Bertz CT molecular complexity index is 1100. The molecule has 0 aliphatic carbocycles. The zero-order chi connectivity index (χ0) is 23.3. The molecule has 3 aromatic carbocycles. The maximum atomic E-state index is 13.2. The van der Waals surface area contributed by atoms with Crippen molar-refractivity contribution >= 4 is 34.9 Å². The number of piperazine rings is 1. The maximum Gasteiger partial charge on any atom is 0.326 e. The normalized spacial score (nSPS) is 15.4. The number of amides is 2. The molecule has 0 saturated carbocycles. The third kappa shape index (κ3) is 4.72. The number of anilines is 3. The standard InChI is InChI=1S/C27H30N4O2S/c1-33-24-12-5-2-9-21(24)30-19-17-29(18-20-30)16-8-15-28-27(32)31-22-10-3-6-13-25(22)34-26-14-7-4-11-23(26)31/h2-7,9-14H,8,15-20H2,1H3,(H,28,32). The molecule has 1 N–H and O–H groups in total. The number of nitrogens with zero attached hydrogens (tertiary/aromatic N) is 3. The van der Waals surface area contributed by atoms with E-state index in [2.05, 4.69) is 39.4 Å². The summed E-state index contributed by atoms with van der Waals surface area (Å²) in [5, 5.41) is 3.15. The van der Waals surface area contributed by atoms with Gasteiger partial charge in [-0.05, 0) is 49.4 Å². The van der Waals surface area contributed by atoms with Crippen molar-refractivity contribution in [2.45, 2.75) is 16.2 Å². The van der Waals surface area contributed by atoms with Gasteiger partial charge < -0.3 is 15.0 Å². The van der Waals surface area contributed by atoms with E-state index < -0.39 is 0 Å². The molecular formula is C27H30N4O2S. The summed E-state index contributed by atoms with van der Waals surface area (Å²) < 4.78 is 5.52. The van der Waals surface area contributed by atoms with Crippen LogP contribution in [0.1, 0.15) is 6.42 Å². The number of ether oxygens (including phenoxy) is 1. The lowest BCUT2D eigenvalue weighted by Crippen LogP contribution is -2.47. The highest BCUT2D eigenvalue weighted by Gasteiger charge is 2.27. The number of rotatable bonds is 6. The smallest absolute Gasteiger partial charge is 0.326 e. The van der Waals surface area contributed by atoms with Crippen molar-refractivity contribution in [3.63, 3.8) is 0 Å². The highest BCUT2D eigenvalue weighted by molar-refractivity contribution is 7.99. The zero-order valence-electron chi connectivity index (χ0n) is 19.4. The van der Waals surface area contributed by atoms with Gasteiger partial charge in [0.25, 0.3) is 0 Å². The number of para-hydroxylation sites is 4. The van der Waals surface area contributed by atoms with Crippen molar-refractivity contribution in [3.8, 4) is 5.75 Å². The number of hydrogen-bond acceptors (Lipinski definition) is 5. The third-order valence-electron chi connectivity index (χ3n) is 6.36. The van der Waals surface area contributed by atoms with Crippen molar-refractivity contribution in [2.75, 3.05) is 56.2 Å². The molecule has 7 heteroatoms. The Kier molecular flexibility index (Phi) is 6.92. The second-order valence-corrected chi connectivity index (χ2v) is 9.54. The van der Waals surface area contributed by atoms with Crippen molar-refractivity contribution < 1.29 is 9.53 Å². The van der Waals surface area contributed by atoms with E-state index in [1.165, 1.54) is 0 Å². The number of carbonyl (C=O) groups is 1. The molecule has 3 aromatic rings. The summed E-state index contributed by atoms with van der Waals surface area (Å²) in [4.78, 5) is 22.1. The minimum absolute atomic E-state index is 0.0683. The van der Waals surface area contributed by atoms with E-state index >= 15 is 0 Å². The largest absolute Gasteiger partial charge is 0.495 e. The second-order valence-electron chi connectivity index (χ2n) is 8.46. The van der Waals surface area contributed by atoms with Crippen LogP contribution in [0.4, 0.5) is 21.9 Å². The third-order valence-corrected chi connectivity index (χ3v) is 7.49. The van der Waals surface area contributed by atoms with Gasteiger partial charge in [-0.1, -0.05) is 48.2 Å². The first-order chi connectivity index (χ1) is 16.7. The van der Waals surface area contributed by atoms with Crippen LogP contribution in [0.3, 0.4) is 0 Å². The summed E-state index contributed by atoms with van der Waals surface area (Å²) in [6.45, 7) is 5.60. The molecule has 2 amide bonds. The van der Waals surface area contributed by atoms with E-state index in [4.69, 9.17) is 4.74 Å². The first kappa shape index (κ1) is 22.6. The molecule has 1 saturated heterocycles. The first-order valence-electron chi connectivity index (χ1n) is 11.8. The fraction of sp³-hybridized carbons (Fsp3) is 0.296. The van der Waals surface area contributed by atoms with Gasteiger partial charge in [-0.25, -0.2) is 4.79 Å². The van der Waals surface area contributed by atoms with Gasteiger partial charge in [0, 0.05) is 42.5 Å². The van der Waals surface area contributed by atoms with Gasteiger partial charge in [-0.3, -0.25) is 9.80 Å². The molecule has 176 valence electrons. The predicted molar refractivity (Wildman–Crippen MR) is 139 cm³/mol. The Labute approximate surface area is 205 Å². The van der Waals surface area contributed by atoms with Crippen molar-refractivity contribution in [1.82, 2.24) is 10.2 Å². The van der Waals surface area contributed by atoms with Gasteiger partial charge in [-0.15, -0.1) is 0 Å². The minimum Gasteiger partial charge on any atom is -0.495 e. The van der Waals surface area contributed by atoms with Gasteiger partial charge >= 0.3 is 6.03 Å². The fourth-order valence-electron chi connectivity index (χ4n) is 4.60. The molecule has 0 radical (unpaired) electrons. The van der Waals surface area contributed by atoms with Crippen LogP contribution in [0.25, 0.3) is 0 Å². The molecule has 0 bridgehead atoms. The molecule has 0 spiro atoms. The number of benzene rings is 3. The molecule has 5 rings (SSSR count). The Morgan fingerprint density at radius 2 is 1.44 bits per heavy atom. The fourth-order valence-corrected chi connectivity index (χ4v) is 5.66. The summed E-state index contributed by atoms with van der Waals surface area (Å²) in [6, 6.07) is 24.3. The minimum atomic E-state index is -0.0683. The van der Waals surface area contributed by atoms with Crippen molar-refractivity contribution in [2.24, 2.45) is 0 Å². The van der Waals surface area contributed by atoms with Crippen molar-refractivity contribution in [3.05, 3.63) is 72.8 Å². The second kappa shape index (κ2) is 10.4. The predicted octanol–water partition coefficient (Wildman–Crippen LogP) is 5.22. The average molecular weight is 475 g/mol. The molecule has 34 heavy (non-hydrogen) atoms. The molecule has 2 aliphatic heterocycles. The van der Waals surface area contributed by atoms with Crippen LogP contribution in [0, 0.1) is 0 Å². The van der Waals surface area contributed by atoms with Crippen LogP contribution >= 0.6 is 11.8 Å². The van der Waals surface area contributed by atoms with Gasteiger partial charge in [0.15, 0.2) is 0 Å². The van der Waals surface area contributed by atoms with Gasteiger partial charge in [0.1, 0.15) is 5.75 Å². The van der Waals surface area contributed by atoms with Crippen LogP contribution in [-0.2, 0) is 0 Å². The Balaban J connectivity index is 1.13. The number of hydrogen-bond donors (Lipinski definition) is 1. The van der Waals surface area contributed by atoms with Crippen LogP contribution in [0.5, 0.6) is 5.75 Å². The SMILES string of the molecule is COc1ccccc1N1CCN(CCCNC(=O)N2c3ccccc3Sc3ccccc32)CC1. The van der Waals surface area contributed by atoms with Crippen LogP contribution < -0.4 is 19.9 Å². The van der Waals surface area contributed by atoms with Crippen LogP contribution in [0.2, 0.25) is 0 Å². The number of carbonyl (C=O) groups excluding carboxylic acids is 1. The van der Waals surface area contributed by atoms with E-state index in [1.54, 1.807) is 18.9 Å². The molecule has 0 atom stereocenters. The Morgan fingerprint density at radius 1 is 0.853 bits per heavy atom. The van der Waals surface area contributed by atoms with Gasteiger partial charge in [-0.2, -0.15) is 0 Å². The summed E-state index contributed by atoms with van der Waals surface area (Å²) in [7, 11) is 1.73. The summed E-state index contributed by atoms with van der Waals surface area (Å²) in [6.07, 6.45) is 0.923. The van der Waals surface area contributed by atoms with Crippen LogP contribution in [-0.4, -0.2) is 57.3 Å². The number of methoxy groups -OCH3 is 1.